The highest BCUT2D eigenvalue weighted by Crippen LogP contribution is 2.38. The lowest BCUT2D eigenvalue weighted by Crippen LogP contribution is -2.46. The molecule has 1 aliphatic carbocycles. The Morgan fingerprint density at radius 2 is 1.67 bits per heavy atom. The highest BCUT2D eigenvalue weighted by molar-refractivity contribution is 5.81. The molecule has 5 nitrogen and oxygen atoms in total. The van der Waals surface area contributed by atoms with Gasteiger partial charge in [0.05, 0.1) is 12.0 Å². The van der Waals surface area contributed by atoms with Gasteiger partial charge in [0.2, 0.25) is 5.91 Å². The Bertz CT molecular complexity index is 743. The smallest absolute Gasteiger partial charge is 0.227 e. The van der Waals surface area contributed by atoms with Crippen LogP contribution in [0.1, 0.15) is 61.5 Å². The molecular formula is C25H37N3O2. The van der Waals surface area contributed by atoms with E-state index in [1.165, 1.54) is 37.1 Å². The van der Waals surface area contributed by atoms with Crippen LogP contribution in [0.4, 0.5) is 0 Å². The number of benzene rings is 1. The first-order valence-corrected chi connectivity index (χ1v) is 12.0. The summed E-state index contributed by atoms with van der Waals surface area (Å²) in [6.07, 6.45) is 6.83. The lowest BCUT2D eigenvalue weighted by Gasteiger charge is -2.34. The number of carbonyl (C=O) groups excluding carboxylic acids is 1. The summed E-state index contributed by atoms with van der Waals surface area (Å²) >= 11 is 0. The second-order valence-electron chi connectivity index (χ2n) is 10.1. The second kappa shape index (κ2) is 8.60. The average molecular weight is 412 g/mol. The summed E-state index contributed by atoms with van der Waals surface area (Å²) in [6.45, 7) is 4.22. The summed E-state index contributed by atoms with van der Waals surface area (Å²) in [5.41, 5.74) is 2.90. The van der Waals surface area contributed by atoms with E-state index in [4.69, 9.17) is 4.74 Å². The van der Waals surface area contributed by atoms with Crippen LogP contribution >= 0.6 is 0 Å². The van der Waals surface area contributed by atoms with E-state index in [1.807, 2.05) is 0 Å². The fourth-order valence-corrected chi connectivity index (χ4v) is 6.37. The van der Waals surface area contributed by atoms with Crippen molar-refractivity contribution in [3.05, 3.63) is 35.4 Å². The molecule has 0 spiro atoms. The maximum Gasteiger partial charge on any atom is 0.227 e. The summed E-state index contributed by atoms with van der Waals surface area (Å²) in [6, 6.07) is 10.1. The minimum atomic E-state index is 0.0826. The van der Waals surface area contributed by atoms with Crippen LogP contribution in [0.2, 0.25) is 0 Å². The third kappa shape index (κ3) is 3.92. The van der Waals surface area contributed by atoms with Crippen molar-refractivity contribution < 1.29 is 9.53 Å². The highest BCUT2D eigenvalue weighted by Gasteiger charge is 2.45. The van der Waals surface area contributed by atoms with Crippen LogP contribution in [0.5, 0.6) is 0 Å². The number of rotatable bonds is 3. The predicted octanol–water partition coefficient (Wildman–Crippen LogP) is 2.97. The number of amides is 1. The van der Waals surface area contributed by atoms with E-state index in [0.717, 1.165) is 38.8 Å². The molecule has 1 aromatic carbocycles. The number of methoxy groups -OCH3 is 1. The predicted molar refractivity (Wildman–Crippen MR) is 119 cm³/mol. The van der Waals surface area contributed by atoms with Crippen molar-refractivity contribution >= 4 is 5.91 Å². The molecule has 1 saturated carbocycles. The molecule has 30 heavy (non-hydrogen) atoms. The minimum Gasteiger partial charge on any atom is -0.381 e. The van der Waals surface area contributed by atoms with E-state index in [-0.39, 0.29) is 12.0 Å². The number of nitrogens with one attached hydrogen (secondary N) is 1. The maximum absolute atomic E-state index is 13.4. The lowest BCUT2D eigenvalue weighted by molar-refractivity contribution is -0.138. The molecule has 1 N–H and O–H groups in total. The van der Waals surface area contributed by atoms with Crippen LogP contribution in [0.15, 0.2) is 24.3 Å². The van der Waals surface area contributed by atoms with Gasteiger partial charge in [-0.1, -0.05) is 24.3 Å². The molecule has 164 valence electrons. The Balaban J connectivity index is 1.26. The van der Waals surface area contributed by atoms with Gasteiger partial charge in [-0.2, -0.15) is 0 Å². The van der Waals surface area contributed by atoms with Gasteiger partial charge in [0.25, 0.3) is 0 Å². The largest absolute Gasteiger partial charge is 0.381 e. The number of hydrogen-bond acceptors (Lipinski definition) is 4. The Labute approximate surface area is 181 Å². The molecule has 3 heterocycles. The van der Waals surface area contributed by atoms with Crippen molar-refractivity contribution in [1.29, 1.82) is 0 Å². The van der Waals surface area contributed by atoms with E-state index in [1.54, 1.807) is 7.11 Å². The van der Waals surface area contributed by atoms with Gasteiger partial charge < -0.3 is 19.9 Å². The van der Waals surface area contributed by atoms with E-state index in [9.17, 15) is 4.79 Å². The Hall–Kier alpha value is -1.43. The van der Waals surface area contributed by atoms with Gasteiger partial charge in [0.15, 0.2) is 0 Å². The SMILES string of the molecule is COC1CCC2NC[C@@H]3CC(c4ccc(C5CCN(C)CC5)cc4)CN3C(=O)C2C1. The Morgan fingerprint density at radius 3 is 2.37 bits per heavy atom. The van der Waals surface area contributed by atoms with Gasteiger partial charge in [0.1, 0.15) is 0 Å². The monoisotopic (exact) mass is 411 g/mol. The molecule has 5 rings (SSSR count). The van der Waals surface area contributed by atoms with E-state index >= 15 is 0 Å². The van der Waals surface area contributed by atoms with Crippen LogP contribution in [0.3, 0.4) is 0 Å². The van der Waals surface area contributed by atoms with Crippen molar-refractivity contribution in [2.24, 2.45) is 5.92 Å². The number of ether oxygens (including phenoxy) is 1. The van der Waals surface area contributed by atoms with Crippen molar-refractivity contribution in [1.82, 2.24) is 15.1 Å². The summed E-state index contributed by atoms with van der Waals surface area (Å²) < 4.78 is 5.60. The van der Waals surface area contributed by atoms with Crippen molar-refractivity contribution in [2.45, 2.75) is 68.5 Å². The topological polar surface area (TPSA) is 44.8 Å². The van der Waals surface area contributed by atoms with Crippen LogP contribution in [0.25, 0.3) is 0 Å². The van der Waals surface area contributed by atoms with Crippen molar-refractivity contribution in [3.8, 4) is 0 Å². The molecule has 1 amide bonds. The molecule has 0 aromatic heterocycles. The number of nitrogens with zero attached hydrogens (tertiary/aromatic N) is 2. The summed E-state index contributed by atoms with van der Waals surface area (Å²) in [5.74, 6) is 1.61. The zero-order chi connectivity index (χ0) is 20.7. The molecular weight excluding hydrogens is 374 g/mol. The van der Waals surface area contributed by atoms with Crippen LogP contribution in [-0.2, 0) is 9.53 Å². The number of piperidine rings is 1. The molecule has 4 unspecified atom stereocenters. The van der Waals surface area contributed by atoms with Gasteiger partial charge in [-0.05, 0) is 75.7 Å². The van der Waals surface area contributed by atoms with Gasteiger partial charge in [-0.25, -0.2) is 0 Å². The maximum atomic E-state index is 13.4. The summed E-state index contributed by atoms with van der Waals surface area (Å²) in [4.78, 5) is 18.0. The molecule has 0 radical (unpaired) electrons. The zero-order valence-corrected chi connectivity index (χ0v) is 18.6. The third-order valence-corrected chi connectivity index (χ3v) is 8.36. The van der Waals surface area contributed by atoms with E-state index < -0.39 is 0 Å². The van der Waals surface area contributed by atoms with E-state index in [2.05, 4.69) is 46.4 Å². The van der Waals surface area contributed by atoms with Crippen molar-refractivity contribution in [3.63, 3.8) is 0 Å². The first-order chi connectivity index (χ1) is 14.6. The number of likely N-dealkylation sites (tertiary alicyclic amines) is 1. The fourth-order valence-electron chi connectivity index (χ4n) is 6.37. The average Bonchev–Trinajstić information content (AvgIpc) is 3.17. The highest BCUT2D eigenvalue weighted by atomic mass is 16.5. The zero-order valence-electron chi connectivity index (χ0n) is 18.6. The third-order valence-electron chi connectivity index (χ3n) is 8.36. The molecule has 3 saturated heterocycles. The van der Waals surface area contributed by atoms with Gasteiger partial charge >= 0.3 is 0 Å². The first-order valence-electron chi connectivity index (χ1n) is 12.0. The van der Waals surface area contributed by atoms with E-state index in [0.29, 0.717) is 29.8 Å². The molecule has 5 heteroatoms. The summed E-state index contributed by atoms with van der Waals surface area (Å²) in [5, 5.41) is 3.74. The standard InChI is InChI=1S/C25H37N3O2/c1-27-11-9-19(10-12-27)17-3-5-18(6-4-17)20-13-21-15-26-24-8-7-22(30-2)14-23(24)25(29)28(21)16-20/h3-6,19-24,26H,7-16H2,1-2H3/t20?,21-,22?,23?,24?/m0/s1. The molecule has 3 aliphatic heterocycles. The number of fused-ring (bicyclic) bond motifs is 2. The lowest BCUT2D eigenvalue weighted by atomic mass is 9.82. The minimum absolute atomic E-state index is 0.0826. The quantitative estimate of drug-likeness (QED) is 0.831. The van der Waals surface area contributed by atoms with Crippen LogP contribution in [0, 0.1) is 5.92 Å². The number of carbonyl (C=O) groups is 1. The van der Waals surface area contributed by atoms with Gasteiger partial charge in [-0.3, -0.25) is 4.79 Å². The molecule has 1 aromatic rings. The normalized spacial score (nSPS) is 35.7. The Kier molecular flexibility index (Phi) is 5.87. The molecule has 4 aliphatic rings. The molecule has 5 atom stereocenters. The second-order valence-corrected chi connectivity index (χ2v) is 10.1. The first kappa shape index (κ1) is 20.5. The fraction of sp³-hybridized carbons (Fsp3) is 0.720. The Morgan fingerprint density at radius 1 is 0.967 bits per heavy atom. The van der Waals surface area contributed by atoms with Crippen LogP contribution in [-0.4, -0.2) is 74.2 Å². The van der Waals surface area contributed by atoms with Crippen LogP contribution < -0.4 is 5.32 Å². The van der Waals surface area contributed by atoms with Gasteiger partial charge in [0, 0.05) is 38.2 Å². The molecule has 4 fully saturated rings. The van der Waals surface area contributed by atoms with Crippen molar-refractivity contribution in [2.75, 3.05) is 40.3 Å². The van der Waals surface area contributed by atoms with Gasteiger partial charge in [-0.15, -0.1) is 0 Å². The summed E-state index contributed by atoms with van der Waals surface area (Å²) in [7, 11) is 4.00. The molecule has 0 bridgehead atoms. The number of hydrogen-bond donors (Lipinski definition) is 1.